The van der Waals surface area contributed by atoms with Gasteiger partial charge in [-0.1, -0.05) is 19.4 Å². The molecule has 0 saturated carbocycles. The van der Waals surface area contributed by atoms with E-state index in [2.05, 4.69) is 6.92 Å². The summed E-state index contributed by atoms with van der Waals surface area (Å²) in [5.74, 6) is 0. The molecule has 1 N–H and O–H groups in total. The summed E-state index contributed by atoms with van der Waals surface area (Å²) in [5.41, 5.74) is 1.89. The molecule has 1 rings (SSSR count). The average Bonchev–Trinajstić information content (AvgIpc) is 2.29. The standard InChI is InChI=1S/C13H20O4S/c1-3-4-8-17-9-7-12-10-13(18(14,15)16)6-5-11(12)2/h5-6,10H,3-4,7-9H2,1-2H3,(H,14,15,16). The first kappa shape index (κ1) is 15.1. The van der Waals surface area contributed by atoms with Crippen molar-refractivity contribution in [2.75, 3.05) is 13.2 Å². The zero-order valence-electron chi connectivity index (χ0n) is 10.8. The van der Waals surface area contributed by atoms with E-state index in [0.29, 0.717) is 13.0 Å². The molecule has 0 radical (unpaired) electrons. The van der Waals surface area contributed by atoms with E-state index in [1.807, 2.05) is 6.92 Å². The van der Waals surface area contributed by atoms with E-state index in [0.717, 1.165) is 30.6 Å². The van der Waals surface area contributed by atoms with E-state index >= 15 is 0 Å². The van der Waals surface area contributed by atoms with Gasteiger partial charge in [-0.15, -0.1) is 0 Å². The first-order chi connectivity index (χ1) is 8.45. The number of unbranched alkanes of at least 4 members (excludes halogenated alkanes) is 1. The van der Waals surface area contributed by atoms with Crippen molar-refractivity contribution in [2.24, 2.45) is 0 Å². The Morgan fingerprint density at radius 1 is 1.28 bits per heavy atom. The fourth-order valence-electron chi connectivity index (χ4n) is 1.61. The first-order valence-corrected chi connectivity index (χ1v) is 7.54. The highest BCUT2D eigenvalue weighted by atomic mass is 32.2. The van der Waals surface area contributed by atoms with Gasteiger partial charge in [-0.2, -0.15) is 8.42 Å². The molecule has 0 aromatic heterocycles. The van der Waals surface area contributed by atoms with Gasteiger partial charge in [0.15, 0.2) is 0 Å². The summed E-state index contributed by atoms with van der Waals surface area (Å²) in [6.07, 6.45) is 2.78. The Hall–Kier alpha value is -0.910. The summed E-state index contributed by atoms with van der Waals surface area (Å²) in [5, 5.41) is 0. The van der Waals surface area contributed by atoms with Crippen molar-refractivity contribution in [3.63, 3.8) is 0 Å². The maximum Gasteiger partial charge on any atom is 0.294 e. The monoisotopic (exact) mass is 272 g/mol. The van der Waals surface area contributed by atoms with Crippen LogP contribution in [-0.2, 0) is 21.3 Å². The zero-order chi connectivity index (χ0) is 13.6. The minimum absolute atomic E-state index is 0.0586. The molecular weight excluding hydrogens is 252 g/mol. The highest BCUT2D eigenvalue weighted by Crippen LogP contribution is 2.16. The van der Waals surface area contributed by atoms with Crippen LogP contribution in [-0.4, -0.2) is 26.2 Å². The highest BCUT2D eigenvalue weighted by molar-refractivity contribution is 7.85. The normalized spacial score (nSPS) is 11.7. The number of benzene rings is 1. The van der Waals surface area contributed by atoms with Crippen molar-refractivity contribution in [3.05, 3.63) is 29.3 Å². The summed E-state index contributed by atoms with van der Waals surface area (Å²) < 4.78 is 36.5. The van der Waals surface area contributed by atoms with Crippen molar-refractivity contribution in [1.29, 1.82) is 0 Å². The van der Waals surface area contributed by atoms with Crippen LogP contribution in [0.15, 0.2) is 23.1 Å². The Balaban J connectivity index is 2.65. The molecule has 5 heteroatoms. The van der Waals surface area contributed by atoms with Gasteiger partial charge in [0.2, 0.25) is 0 Å². The smallest absolute Gasteiger partial charge is 0.294 e. The van der Waals surface area contributed by atoms with Gasteiger partial charge in [-0.05, 0) is 43.0 Å². The molecule has 4 nitrogen and oxygen atoms in total. The van der Waals surface area contributed by atoms with Gasteiger partial charge in [0.1, 0.15) is 0 Å². The fourth-order valence-corrected chi connectivity index (χ4v) is 2.14. The van der Waals surface area contributed by atoms with Crippen molar-refractivity contribution in [3.8, 4) is 0 Å². The van der Waals surface area contributed by atoms with Gasteiger partial charge in [0.25, 0.3) is 10.1 Å². The zero-order valence-corrected chi connectivity index (χ0v) is 11.7. The summed E-state index contributed by atoms with van der Waals surface area (Å²) in [6.45, 7) is 5.31. The van der Waals surface area contributed by atoms with Crippen LogP contribution in [0.2, 0.25) is 0 Å². The summed E-state index contributed by atoms with van der Waals surface area (Å²) in [4.78, 5) is -0.0586. The lowest BCUT2D eigenvalue weighted by Gasteiger charge is -2.08. The van der Waals surface area contributed by atoms with E-state index in [1.54, 1.807) is 6.07 Å². The quantitative estimate of drug-likeness (QED) is 0.612. The molecule has 0 amide bonds. The summed E-state index contributed by atoms with van der Waals surface area (Å²) >= 11 is 0. The number of ether oxygens (including phenoxy) is 1. The maximum absolute atomic E-state index is 11.0. The van der Waals surface area contributed by atoms with Crippen LogP contribution in [0.1, 0.15) is 30.9 Å². The Morgan fingerprint density at radius 2 is 2.00 bits per heavy atom. The Kier molecular flexibility index (Phi) is 5.78. The van der Waals surface area contributed by atoms with E-state index in [4.69, 9.17) is 9.29 Å². The average molecular weight is 272 g/mol. The molecular formula is C13H20O4S. The number of rotatable bonds is 7. The third-order valence-electron chi connectivity index (χ3n) is 2.78. The fraction of sp³-hybridized carbons (Fsp3) is 0.538. The molecule has 0 bridgehead atoms. The van der Waals surface area contributed by atoms with Crippen LogP contribution in [0.3, 0.4) is 0 Å². The molecule has 18 heavy (non-hydrogen) atoms. The van der Waals surface area contributed by atoms with Gasteiger partial charge >= 0.3 is 0 Å². The first-order valence-electron chi connectivity index (χ1n) is 6.10. The van der Waals surface area contributed by atoms with E-state index in [1.165, 1.54) is 12.1 Å². The third kappa shape index (κ3) is 4.76. The molecule has 1 aromatic carbocycles. The minimum atomic E-state index is -4.12. The van der Waals surface area contributed by atoms with Gasteiger partial charge in [0, 0.05) is 6.61 Å². The van der Waals surface area contributed by atoms with Crippen LogP contribution in [0.25, 0.3) is 0 Å². The predicted molar refractivity (Wildman–Crippen MR) is 70.4 cm³/mol. The van der Waals surface area contributed by atoms with Crippen LogP contribution in [0, 0.1) is 6.92 Å². The van der Waals surface area contributed by atoms with Crippen molar-refractivity contribution in [1.82, 2.24) is 0 Å². The van der Waals surface area contributed by atoms with Crippen LogP contribution >= 0.6 is 0 Å². The molecule has 0 fully saturated rings. The lowest BCUT2D eigenvalue weighted by molar-refractivity contribution is 0.134. The number of aryl methyl sites for hydroxylation is 1. The van der Waals surface area contributed by atoms with Gasteiger partial charge in [0.05, 0.1) is 11.5 Å². The number of hydrogen-bond donors (Lipinski definition) is 1. The Morgan fingerprint density at radius 3 is 2.61 bits per heavy atom. The SMILES string of the molecule is CCCCOCCc1cc(S(=O)(=O)O)ccc1C. The topological polar surface area (TPSA) is 63.6 Å². The molecule has 0 heterocycles. The van der Waals surface area contributed by atoms with Gasteiger partial charge in [-0.3, -0.25) is 4.55 Å². The van der Waals surface area contributed by atoms with E-state index < -0.39 is 10.1 Å². The summed E-state index contributed by atoms with van der Waals surface area (Å²) in [7, 11) is -4.12. The largest absolute Gasteiger partial charge is 0.381 e. The predicted octanol–water partition coefficient (Wildman–Crippen LogP) is 2.60. The van der Waals surface area contributed by atoms with E-state index in [-0.39, 0.29) is 4.90 Å². The lowest BCUT2D eigenvalue weighted by Crippen LogP contribution is -2.04. The van der Waals surface area contributed by atoms with Crippen LogP contribution < -0.4 is 0 Å². The van der Waals surface area contributed by atoms with Crippen molar-refractivity contribution >= 4 is 10.1 Å². The second kappa shape index (κ2) is 6.87. The molecule has 102 valence electrons. The Labute approximate surface area is 109 Å². The number of hydrogen-bond acceptors (Lipinski definition) is 3. The van der Waals surface area contributed by atoms with Crippen LogP contribution in [0.4, 0.5) is 0 Å². The second-order valence-corrected chi connectivity index (χ2v) is 5.70. The molecule has 0 unspecified atom stereocenters. The molecule has 0 spiro atoms. The molecule has 0 aliphatic rings. The van der Waals surface area contributed by atoms with Gasteiger partial charge < -0.3 is 4.74 Å². The lowest BCUT2D eigenvalue weighted by atomic mass is 10.1. The van der Waals surface area contributed by atoms with Gasteiger partial charge in [-0.25, -0.2) is 0 Å². The highest BCUT2D eigenvalue weighted by Gasteiger charge is 2.11. The van der Waals surface area contributed by atoms with Crippen molar-refractivity contribution < 1.29 is 17.7 Å². The molecule has 0 aliphatic carbocycles. The molecule has 0 atom stereocenters. The van der Waals surface area contributed by atoms with Crippen LogP contribution in [0.5, 0.6) is 0 Å². The molecule has 0 aliphatic heterocycles. The molecule has 1 aromatic rings. The Bertz CT molecular complexity index is 480. The van der Waals surface area contributed by atoms with Crippen molar-refractivity contribution in [2.45, 2.75) is 38.0 Å². The minimum Gasteiger partial charge on any atom is -0.381 e. The second-order valence-electron chi connectivity index (χ2n) is 4.28. The molecule has 0 saturated heterocycles. The third-order valence-corrected chi connectivity index (χ3v) is 3.63. The van der Waals surface area contributed by atoms with E-state index in [9.17, 15) is 8.42 Å². The maximum atomic E-state index is 11.0. The summed E-state index contributed by atoms with van der Waals surface area (Å²) in [6, 6.07) is 4.62.